The number of hydrogen-bond acceptors (Lipinski definition) is 6. The maximum atomic E-state index is 12.9. The van der Waals surface area contributed by atoms with Gasteiger partial charge in [0.05, 0.1) is 18.1 Å². The van der Waals surface area contributed by atoms with Crippen LogP contribution in [0, 0.1) is 5.92 Å². The van der Waals surface area contributed by atoms with Gasteiger partial charge in [-0.15, -0.1) is 0 Å². The van der Waals surface area contributed by atoms with Crippen molar-refractivity contribution < 1.29 is 27.5 Å². The number of nitrogens with zero attached hydrogens (tertiary/aromatic N) is 1. The van der Waals surface area contributed by atoms with Crippen LogP contribution in [0.25, 0.3) is 0 Å². The summed E-state index contributed by atoms with van der Waals surface area (Å²) in [7, 11) is -3.72. The molecule has 1 aromatic rings. The van der Waals surface area contributed by atoms with E-state index in [9.17, 15) is 18.0 Å². The Hall–Kier alpha value is -2.01. The molecule has 1 aliphatic rings. The highest BCUT2D eigenvalue weighted by molar-refractivity contribution is 7.89. The second kappa shape index (κ2) is 13.6. The van der Waals surface area contributed by atoms with E-state index in [2.05, 4.69) is 17.6 Å². The number of hydrogen-bond donors (Lipinski definition) is 2. The average Bonchev–Trinajstić information content (AvgIpc) is 2.82. The Bertz CT molecular complexity index is 869. The third-order valence-electron chi connectivity index (χ3n) is 5.35. The minimum Gasteiger partial charge on any atom is -0.381 e. The van der Waals surface area contributed by atoms with Crippen LogP contribution in [0.3, 0.4) is 0 Å². The molecule has 1 atom stereocenters. The van der Waals surface area contributed by atoms with E-state index in [1.54, 1.807) is 0 Å². The van der Waals surface area contributed by atoms with Gasteiger partial charge < -0.3 is 20.1 Å². The van der Waals surface area contributed by atoms with E-state index in [0.717, 1.165) is 19.4 Å². The van der Waals surface area contributed by atoms with Crippen molar-refractivity contribution in [2.24, 2.45) is 5.92 Å². The molecule has 0 aliphatic carbocycles. The zero-order valence-electron chi connectivity index (χ0n) is 19.8. The van der Waals surface area contributed by atoms with Gasteiger partial charge in [-0.2, -0.15) is 4.31 Å². The summed E-state index contributed by atoms with van der Waals surface area (Å²) in [4.78, 5) is 25.5. The average molecular weight is 484 g/mol. The van der Waals surface area contributed by atoms with E-state index in [1.807, 2.05) is 13.8 Å². The van der Waals surface area contributed by atoms with Gasteiger partial charge in [0.2, 0.25) is 15.9 Å². The van der Waals surface area contributed by atoms with Crippen LogP contribution in [-0.4, -0.2) is 76.6 Å². The summed E-state index contributed by atoms with van der Waals surface area (Å²) in [5.74, 6) is -0.912. The fraction of sp³-hybridized carbons (Fsp3) is 0.652. The lowest BCUT2D eigenvalue weighted by molar-refractivity contribution is -0.124. The maximum Gasteiger partial charge on any atom is 0.251 e. The molecule has 1 aliphatic heterocycles. The number of nitrogens with one attached hydrogen (secondary N) is 2. The minimum atomic E-state index is -3.72. The molecule has 1 heterocycles. The van der Waals surface area contributed by atoms with E-state index in [0.29, 0.717) is 32.8 Å². The summed E-state index contributed by atoms with van der Waals surface area (Å²) in [6.45, 7) is 8.77. The molecule has 33 heavy (non-hydrogen) atoms. The van der Waals surface area contributed by atoms with Crippen LogP contribution in [0.15, 0.2) is 29.2 Å². The lowest BCUT2D eigenvalue weighted by Gasteiger charge is -2.26. The molecule has 0 saturated carbocycles. The molecule has 186 valence electrons. The molecule has 0 bridgehead atoms. The summed E-state index contributed by atoms with van der Waals surface area (Å²) >= 11 is 0. The Labute approximate surface area is 197 Å². The summed E-state index contributed by atoms with van der Waals surface area (Å²) in [6, 6.07) is 5.15. The predicted molar refractivity (Wildman–Crippen MR) is 125 cm³/mol. The van der Waals surface area contributed by atoms with Crippen molar-refractivity contribution in [3.05, 3.63) is 29.8 Å². The van der Waals surface area contributed by atoms with Gasteiger partial charge in [-0.1, -0.05) is 33.3 Å². The van der Waals surface area contributed by atoms with Crippen LogP contribution in [-0.2, 0) is 24.3 Å². The predicted octanol–water partition coefficient (Wildman–Crippen LogP) is 1.78. The highest BCUT2D eigenvalue weighted by atomic mass is 32.2. The molecule has 0 radical (unpaired) electrons. The number of carbonyl (C=O) groups excluding carboxylic acids is 2. The van der Waals surface area contributed by atoms with Crippen molar-refractivity contribution in [1.29, 1.82) is 0 Å². The number of sulfonamides is 1. The Kier molecular flexibility index (Phi) is 11.3. The Morgan fingerprint density at radius 3 is 2.52 bits per heavy atom. The van der Waals surface area contributed by atoms with Crippen molar-refractivity contribution in [2.75, 3.05) is 46.1 Å². The fourth-order valence-electron chi connectivity index (χ4n) is 3.34. The molecule has 0 unspecified atom stereocenters. The molecule has 2 N–H and O–H groups in total. The Balaban J connectivity index is 1.97. The number of unbranched alkanes of at least 4 members (excludes halogenated alkanes) is 1. The van der Waals surface area contributed by atoms with Gasteiger partial charge >= 0.3 is 0 Å². The van der Waals surface area contributed by atoms with Crippen molar-refractivity contribution in [1.82, 2.24) is 14.9 Å². The van der Waals surface area contributed by atoms with Crippen molar-refractivity contribution in [3.8, 4) is 0 Å². The van der Waals surface area contributed by atoms with E-state index in [4.69, 9.17) is 9.47 Å². The van der Waals surface area contributed by atoms with Crippen molar-refractivity contribution >= 4 is 21.8 Å². The number of ether oxygens (including phenoxy) is 2. The molecule has 0 spiro atoms. The van der Waals surface area contributed by atoms with Gasteiger partial charge in [0.15, 0.2) is 0 Å². The topological polar surface area (TPSA) is 114 Å². The third kappa shape index (κ3) is 8.37. The first kappa shape index (κ1) is 27.2. The normalized spacial score (nSPS) is 15.9. The molecule has 9 nitrogen and oxygen atoms in total. The lowest BCUT2D eigenvalue weighted by atomic mass is 10.0. The Morgan fingerprint density at radius 2 is 1.85 bits per heavy atom. The smallest absolute Gasteiger partial charge is 0.251 e. The monoisotopic (exact) mass is 483 g/mol. The lowest BCUT2D eigenvalue weighted by Crippen LogP contribution is -2.50. The molecule has 1 fully saturated rings. The third-order valence-corrected chi connectivity index (χ3v) is 7.24. The zero-order valence-corrected chi connectivity index (χ0v) is 20.7. The number of benzene rings is 1. The van der Waals surface area contributed by atoms with Crippen molar-refractivity contribution in [2.45, 2.75) is 51.0 Å². The molecule has 1 aromatic carbocycles. The first-order valence-corrected chi connectivity index (χ1v) is 13.1. The highest BCUT2D eigenvalue weighted by Gasteiger charge is 2.28. The van der Waals surface area contributed by atoms with Gasteiger partial charge in [-0.3, -0.25) is 9.59 Å². The van der Waals surface area contributed by atoms with E-state index < -0.39 is 22.0 Å². The zero-order chi connectivity index (χ0) is 24.3. The molecular formula is C23H37N3O6S. The van der Waals surface area contributed by atoms with Gasteiger partial charge in [-0.25, -0.2) is 8.42 Å². The molecule has 10 heteroatoms. The molecular weight excluding hydrogens is 446 g/mol. The quantitative estimate of drug-likeness (QED) is 0.414. The summed E-state index contributed by atoms with van der Waals surface area (Å²) in [6.07, 6.45) is 2.78. The van der Waals surface area contributed by atoms with Gasteiger partial charge in [0.1, 0.15) is 6.04 Å². The van der Waals surface area contributed by atoms with E-state index >= 15 is 0 Å². The number of amides is 2. The SMILES string of the molecule is CCCCOCCCNC(=O)[C@@H](NC(=O)c1cccc(S(=O)(=O)N2CCOCC2)c1)C(C)C. The van der Waals surface area contributed by atoms with E-state index in [1.165, 1.54) is 28.6 Å². The van der Waals surface area contributed by atoms with Crippen LogP contribution < -0.4 is 10.6 Å². The Morgan fingerprint density at radius 1 is 1.15 bits per heavy atom. The highest BCUT2D eigenvalue weighted by Crippen LogP contribution is 2.18. The second-order valence-corrected chi connectivity index (χ2v) is 10.3. The maximum absolute atomic E-state index is 12.9. The summed E-state index contributed by atoms with van der Waals surface area (Å²) in [5.41, 5.74) is 0.187. The van der Waals surface area contributed by atoms with Crippen LogP contribution in [0.5, 0.6) is 0 Å². The molecule has 1 saturated heterocycles. The number of rotatable bonds is 13. The largest absolute Gasteiger partial charge is 0.381 e. The van der Waals surface area contributed by atoms with E-state index in [-0.39, 0.29) is 35.4 Å². The molecule has 2 rings (SSSR count). The van der Waals surface area contributed by atoms with Gasteiger partial charge in [-0.05, 0) is 37.0 Å². The number of morpholine rings is 1. The van der Waals surface area contributed by atoms with Crippen LogP contribution in [0.4, 0.5) is 0 Å². The fourth-order valence-corrected chi connectivity index (χ4v) is 4.79. The first-order valence-electron chi connectivity index (χ1n) is 11.6. The molecule has 0 aromatic heterocycles. The summed E-state index contributed by atoms with van der Waals surface area (Å²) in [5, 5.41) is 5.59. The van der Waals surface area contributed by atoms with Crippen LogP contribution in [0.1, 0.15) is 50.4 Å². The molecule has 2 amide bonds. The first-order chi connectivity index (χ1) is 15.8. The van der Waals surface area contributed by atoms with Gasteiger partial charge in [0, 0.05) is 38.4 Å². The minimum absolute atomic E-state index is 0.0469. The number of carbonyl (C=O) groups is 2. The summed E-state index contributed by atoms with van der Waals surface area (Å²) < 4.78 is 37.9. The van der Waals surface area contributed by atoms with Crippen LogP contribution in [0.2, 0.25) is 0 Å². The van der Waals surface area contributed by atoms with Gasteiger partial charge in [0.25, 0.3) is 5.91 Å². The standard InChI is InChI=1S/C23H37N3O6S/c1-4-5-13-31-14-7-10-24-23(28)21(18(2)3)25-22(27)19-8-6-9-20(17-19)33(29,30)26-11-15-32-16-12-26/h6,8-9,17-18,21H,4-5,7,10-16H2,1-3H3,(H,24,28)(H,25,27)/t21-/m0/s1. The van der Waals surface area contributed by atoms with Crippen LogP contribution >= 0.6 is 0 Å². The second-order valence-electron chi connectivity index (χ2n) is 8.35. The van der Waals surface area contributed by atoms with Crippen molar-refractivity contribution in [3.63, 3.8) is 0 Å².